The molecule has 1 aromatic rings. The number of carbonyl (C=O) groups excluding carboxylic acids is 5. The molecule has 4 N–H and O–H groups in total. The third kappa shape index (κ3) is 11.6. The van der Waals surface area contributed by atoms with Crippen LogP contribution in [-0.4, -0.2) is 92.8 Å². The van der Waals surface area contributed by atoms with E-state index in [1.807, 2.05) is 0 Å². The fourth-order valence-corrected chi connectivity index (χ4v) is 8.21. The normalized spacial score (nSPS) is 21.7. The zero-order valence-electron chi connectivity index (χ0n) is 31.9. The maximum atomic E-state index is 13.6. The number of sulfonamides is 1. The highest BCUT2D eigenvalue weighted by Gasteiger charge is 2.61. The standard InChI is InChI=1S/C38H57N5O10S/c1-6-26-25-38(26,41-32(44)30-21-16-24-43(30)36(48)53-37(2,3)4)34(46)42-54(49,50)31-22-14-13-19-28(31)39-23-15-9-7-8-10-20-29(33(45)51-5)40-35(47)52-27-17-11-12-18-27/h6,13-14,19,22,26-27,29-30,39H,1,7-12,15-18,20-21,23-25H2,2-5H3,(H,40,47)(H,41,44)(H,42,46)/t26-,29+,30+,38-/m1/s1. The molecule has 1 saturated heterocycles. The first kappa shape index (κ1) is 42.4. The number of hydrogen-bond donors (Lipinski definition) is 4. The molecule has 300 valence electrons. The lowest BCUT2D eigenvalue weighted by Crippen LogP contribution is -2.56. The number of esters is 1. The summed E-state index contributed by atoms with van der Waals surface area (Å²) < 4.78 is 45.1. The molecule has 4 rings (SSSR count). The maximum Gasteiger partial charge on any atom is 0.410 e. The molecule has 2 aliphatic carbocycles. The molecule has 0 aromatic heterocycles. The van der Waals surface area contributed by atoms with Crippen molar-refractivity contribution in [3.05, 3.63) is 36.9 Å². The number of carbonyl (C=O) groups is 5. The van der Waals surface area contributed by atoms with Crippen molar-refractivity contribution in [2.45, 2.75) is 138 Å². The van der Waals surface area contributed by atoms with Crippen molar-refractivity contribution in [1.29, 1.82) is 0 Å². The summed E-state index contributed by atoms with van der Waals surface area (Å²) in [7, 11) is -3.08. The molecule has 1 aromatic carbocycles. The molecule has 15 nitrogen and oxygen atoms in total. The second kappa shape index (κ2) is 18.8. The number of nitrogens with one attached hydrogen (secondary N) is 4. The van der Waals surface area contributed by atoms with Gasteiger partial charge < -0.3 is 30.2 Å². The first-order chi connectivity index (χ1) is 25.6. The van der Waals surface area contributed by atoms with Crippen molar-refractivity contribution < 1.29 is 46.6 Å². The molecule has 54 heavy (non-hydrogen) atoms. The van der Waals surface area contributed by atoms with E-state index in [9.17, 15) is 32.4 Å². The largest absolute Gasteiger partial charge is 0.467 e. The van der Waals surface area contributed by atoms with Crippen LogP contribution in [0.1, 0.15) is 104 Å². The van der Waals surface area contributed by atoms with Crippen molar-refractivity contribution >= 4 is 45.7 Å². The third-order valence-electron chi connectivity index (χ3n) is 9.98. The molecule has 4 amide bonds. The molecule has 2 saturated carbocycles. The van der Waals surface area contributed by atoms with Crippen molar-refractivity contribution in [2.24, 2.45) is 5.92 Å². The summed E-state index contributed by atoms with van der Waals surface area (Å²) >= 11 is 0. The van der Waals surface area contributed by atoms with Gasteiger partial charge in [-0.3, -0.25) is 14.5 Å². The van der Waals surface area contributed by atoms with E-state index in [0.717, 1.165) is 51.4 Å². The van der Waals surface area contributed by atoms with Crippen LogP contribution >= 0.6 is 0 Å². The second-order valence-corrected chi connectivity index (χ2v) is 16.9. The van der Waals surface area contributed by atoms with Crippen LogP contribution in [0.2, 0.25) is 0 Å². The Morgan fingerprint density at radius 2 is 1.69 bits per heavy atom. The number of likely N-dealkylation sites (tertiary alicyclic amines) is 1. The Morgan fingerprint density at radius 3 is 2.35 bits per heavy atom. The lowest BCUT2D eigenvalue weighted by molar-refractivity contribution is -0.143. The summed E-state index contributed by atoms with van der Waals surface area (Å²) in [5.74, 6) is -2.45. The first-order valence-electron chi connectivity index (χ1n) is 19.0. The van der Waals surface area contributed by atoms with Gasteiger partial charge in [-0.2, -0.15) is 0 Å². The number of unbranched alkanes of at least 4 members (excludes halogenated alkanes) is 4. The SMILES string of the molecule is C=C[C@@H]1C[C@]1(NC(=O)[C@@H]1CCCN1C(=O)OC(C)(C)C)C(=O)NS(=O)(=O)c1ccccc1NCCCCCCC[C@H](NC(=O)OC1CCCC1)C(=O)OC. The number of nitrogens with zero attached hydrogens (tertiary/aromatic N) is 1. The maximum absolute atomic E-state index is 13.6. The highest BCUT2D eigenvalue weighted by atomic mass is 32.2. The van der Waals surface area contributed by atoms with Crippen molar-refractivity contribution in [2.75, 3.05) is 25.5 Å². The van der Waals surface area contributed by atoms with Gasteiger partial charge in [-0.1, -0.05) is 43.9 Å². The number of amides is 4. The van der Waals surface area contributed by atoms with E-state index in [1.54, 1.807) is 39.0 Å². The van der Waals surface area contributed by atoms with Gasteiger partial charge in [-0.15, -0.1) is 6.58 Å². The van der Waals surface area contributed by atoms with E-state index in [-0.39, 0.29) is 17.4 Å². The Kier molecular flexibility index (Phi) is 14.8. The molecule has 3 aliphatic rings. The predicted octanol–water partition coefficient (Wildman–Crippen LogP) is 4.91. The van der Waals surface area contributed by atoms with Gasteiger partial charge in [0.1, 0.15) is 34.2 Å². The average Bonchev–Trinajstić information content (AvgIpc) is 3.41. The van der Waals surface area contributed by atoms with E-state index in [1.165, 1.54) is 24.2 Å². The van der Waals surface area contributed by atoms with Crippen molar-refractivity contribution in [1.82, 2.24) is 20.3 Å². The Labute approximate surface area is 318 Å². The number of ether oxygens (including phenoxy) is 3. The van der Waals surface area contributed by atoms with Crippen molar-refractivity contribution in [3.63, 3.8) is 0 Å². The van der Waals surface area contributed by atoms with Crippen LogP contribution in [0.25, 0.3) is 0 Å². The predicted molar refractivity (Wildman–Crippen MR) is 201 cm³/mol. The van der Waals surface area contributed by atoms with E-state index >= 15 is 0 Å². The third-order valence-corrected chi connectivity index (χ3v) is 11.4. The van der Waals surface area contributed by atoms with Crippen LogP contribution in [-0.2, 0) is 38.6 Å². The van der Waals surface area contributed by atoms with Gasteiger partial charge in [0.2, 0.25) is 5.91 Å². The minimum atomic E-state index is -4.36. The van der Waals surface area contributed by atoms with E-state index in [4.69, 9.17) is 14.2 Å². The smallest absolute Gasteiger partial charge is 0.410 e. The van der Waals surface area contributed by atoms with Crippen LogP contribution in [0.4, 0.5) is 15.3 Å². The zero-order valence-corrected chi connectivity index (χ0v) is 32.8. The van der Waals surface area contributed by atoms with Crippen LogP contribution in [0.5, 0.6) is 0 Å². The monoisotopic (exact) mass is 775 g/mol. The van der Waals surface area contributed by atoms with Gasteiger partial charge in [-0.25, -0.2) is 27.5 Å². The lowest BCUT2D eigenvalue weighted by Gasteiger charge is -2.29. The van der Waals surface area contributed by atoms with E-state index in [2.05, 4.69) is 27.3 Å². The van der Waals surface area contributed by atoms with Gasteiger partial charge in [0.15, 0.2) is 0 Å². The van der Waals surface area contributed by atoms with Crippen LogP contribution < -0.4 is 20.7 Å². The fourth-order valence-electron chi connectivity index (χ4n) is 6.98. The Balaban J connectivity index is 1.25. The average molecular weight is 776 g/mol. The highest BCUT2D eigenvalue weighted by molar-refractivity contribution is 7.90. The molecule has 0 spiro atoms. The summed E-state index contributed by atoms with van der Waals surface area (Å²) in [5, 5.41) is 8.55. The molecule has 0 radical (unpaired) electrons. The van der Waals surface area contributed by atoms with Gasteiger partial charge in [0.25, 0.3) is 15.9 Å². The molecule has 0 bridgehead atoms. The van der Waals surface area contributed by atoms with E-state index < -0.39 is 69.1 Å². The number of methoxy groups -OCH3 is 1. The first-order valence-corrected chi connectivity index (χ1v) is 20.5. The summed E-state index contributed by atoms with van der Waals surface area (Å²) in [5.41, 5.74) is -1.96. The molecule has 0 unspecified atom stereocenters. The number of anilines is 1. The molecule has 3 fully saturated rings. The fraction of sp³-hybridized carbons (Fsp3) is 0.658. The minimum absolute atomic E-state index is 0.107. The lowest BCUT2D eigenvalue weighted by atomic mass is 10.1. The Bertz CT molecular complexity index is 1620. The highest BCUT2D eigenvalue weighted by Crippen LogP contribution is 2.45. The van der Waals surface area contributed by atoms with Gasteiger partial charge >= 0.3 is 18.2 Å². The van der Waals surface area contributed by atoms with Crippen LogP contribution in [0.15, 0.2) is 41.8 Å². The van der Waals surface area contributed by atoms with Gasteiger partial charge in [0.05, 0.1) is 12.8 Å². The van der Waals surface area contributed by atoms with Crippen LogP contribution in [0.3, 0.4) is 0 Å². The van der Waals surface area contributed by atoms with Gasteiger partial charge in [-0.05, 0) is 90.7 Å². The molecular weight excluding hydrogens is 719 g/mol. The van der Waals surface area contributed by atoms with Crippen LogP contribution in [0, 0.1) is 5.92 Å². The zero-order chi connectivity index (χ0) is 39.5. The minimum Gasteiger partial charge on any atom is -0.467 e. The van der Waals surface area contributed by atoms with E-state index in [0.29, 0.717) is 44.5 Å². The molecular formula is C38H57N5O10S. The Hall–Kier alpha value is -4.34. The van der Waals surface area contributed by atoms with Gasteiger partial charge in [0, 0.05) is 19.0 Å². The molecule has 16 heteroatoms. The summed E-state index contributed by atoms with van der Waals surface area (Å²) in [6, 6.07) is 4.62. The molecule has 1 heterocycles. The number of hydrogen-bond acceptors (Lipinski definition) is 11. The summed E-state index contributed by atoms with van der Waals surface area (Å²) in [6.45, 7) is 9.74. The molecule has 4 atom stereocenters. The Morgan fingerprint density at radius 1 is 1.00 bits per heavy atom. The summed E-state index contributed by atoms with van der Waals surface area (Å²) in [4.78, 5) is 65.6. The number of benzene rings is 1. The quantitative estimate of drug-likeness (QED) is 0.0684. The number of para-hydroxylation sites is 1. The number of rotatable bonds is 18. The second-order valence-electron chi connectivity index (χ2n) is 15.3. The summed E-state index contributed by atoms with van der Waals surface area (Å²) in [6.07, 6.45) is 9.35. The van der Waals surface area contributed by atoms with Crippen molar-refractivity contribution in [3.8, 4) is 0 Å². The topological polar surface area (TPSA) is 199 Å². The molecule has 1 aliphatic heterocycles. The number of alkyl carbamates (subject to hydrolysis) is 1.